The van der Waals surface area contributed by atoms with Crippen molar-refractivity contribution in [3.8, 4) is 11.5 Å². The van der Waals surface area contributed by atoms with Gasteiger partial charge in [0, 0.05) is 6.54 Å². The molecule has 39 heavy (non-hydrogen) atoms. The fraction of sp³-hybridized carbons (Fsp3) is 0.310. The molecule has 206 valence electrons. The number of ether oxygens (including phenoxy) is 2. The Kier molecular flexibility index (Phi) is 8.36. The van der Waals surface area contributed by atoms with Crippen LogP contribution in [0, 0.1) is 5.82 Å². The molecule has 10 heteroatoms. The van der Waals surface area contributed by atoms with E-state index in [1.54, 1.807) is 30.3 Å². The molecule has 1 heterocycles. The molecule has 0 spiro atoms. The van der Waals surface area contributed by atoms with Crippen LogP contribution in [-0.4, -0.2) is 51.3 Å². The van der Waals surface area contributed by atoms with Crippen LogP contribution in [-0.2, 0) is 26.0 Å². The minimum absolute atomic E-state index is 0.0982. The number of nitrogens with zero attached hydrogens (tertiary/aromatic N) is 2. The number of benzene rings is 3. The van der Waals surface area contributed by atoms with E-state index in [0.717, 1.165) is 44.6 Å². The molecule has 4 rings (SSSR count). The quantitative estimate of drug-likeness (QED) is 0.342. The summed E-state index contributed by atoms with van der Waals surface area (Å²) in [6, 6.07) is 15.4. The van der Waals surface area contributed by atoms with Crippen molar-refractivity contribution in [3.05, 3.63) is 83.7 Å². The van der Waals surface area contributed by atoms with Gasteiger partial charge in [0.05, 0.1) is 31.2 Å². The van der Waals surface area contributed by atoms with Crippen molar-refractivity contribution in [2.45, 2.75) is 43.5 Å². The van der Waals surface area contributed by atoms with Gasteiger partial charge in [-0.05, 0) is 72.0 Å². The third-order valence-corrected chi connectivity index (χ3v) is 8.70. The second-order valence-electron chi connectivity index (χ2n) is 9.54. The molecule has 3 aromatic rings. The highest BCUT2D eigenvalue weighted by atomic mass is 32.2. The van der Waals surface area contributed by atoms with Crippen LogP contribution in [0.5, 0.6) is 11.5 Å². The second-order valence-corrected chi connectivity index (χ2v) is 11.4. The van der Waals surface area contributed by atoms with Crippen molar-refractivity contribution < 1.29 is 31.9 Å². The van der Waals surface area contributed by atoms with Crippen LogP contribution < -0.4 is 14.4 Å². The molecule has 1 fully saturated rings. The Bertz CT molecular complexity index is 1460. The van der Waals surface area contributed by atoms with Crippen LogP contribution in [0.2, 0.25) is 0 Å². The molecular formula is C29H31FN2O6S. The number of rotatable bonds is 10. The Labute approximate surface area is 228 Å². The maximum absolute atomic E-state index is 13.8. The predicted molar refractivity (Wildman–Crippen MR) is 145 cm³/mol. The first kappa shape index (κ1) is 28.3. The van der Waals surface area contributed by atoms with Crippen LogP contribution in [0.1, 0.15) is 37.3 Å². The Hall–Kier alpha value is -3.76. The van der Waals surface area contributed by atoms with Crippen LogP contribution in [0.3, 0.4) is 0 Å². The van der Waals surface area contributed by atoms with E-state index in [0.29, 0.717) is 17.2 Å². The first-order valence-corrected chi connectivity index (χ1v) is 14.0. The first-order valence-electron chi connectivity index (χ1n) is 12.5. The van der Waals surface area contributed by atoms with E-state index in [1.165, 1.54) is 14.2 Å². The molecule has 0 radical (unpaired) electrons. The van der Waals surface area contributed by atoms with Gasteiger partial charge in [0.15, 0.2) is 11.5 Å². The van der Waals surface area contributed by atoms with Gasteiger partial charge in [-0.2, -0.15) is 4.31 Å². The summed E-state index contributed by atoms with van der Waals surface area (Å²) in [7, 11) is -1.26. The van der Waals surface area contributed by atoms with E-state index < -0.39 is 33.7 Å². The average molecular weight is 555 g/mol. The lowest BCUT2D eigenvalue weighted by molar-refractivity contribution is -0.122. The van der Waals surface area contributed by atoms with Crippen LogP contribution in [0.4, 0.5) is 10.1 Å². The number of amides is 2. The number of anilines is 1. The SMILES string of the molecule is COc1ccc(CCN(C2CC(=O)N(c3ccc(C(C)C)cc3)C2=O)S(=O)(=O)c2ccc(F)cc2)cc1OC. The molecule has 1 aliphatic rings. The fourth-order valence-electron chi connectivity index (χ4n) is 4.58. The number of carbonyl (C=O) groups excluding carboxylic acids is 2. The average Bonchev–Trinajstić information content (AvgIpc) is 3.21. The maximum Gasteiger partial charge on any atom is 0.252 e. The normalized spacial score (nSPS) is 15.9. The molecule has 0 aromatic heterocycles. The molecule has 1 saturated heterocycles. The predicted octanol–water partition coefficient (Wildman–Crippen LogP) is 4.53. The van der Waals surface area contributed by atoms with Crippen molar-refractivity contribution in [1.29, 1.82) is 0 Å². The van der Waals surface area contributed by atoms with Crippen LogP contribution in [0.15, 0.2) is 71.6 Å². The maximum atomic E-state index is 13.8. The van der Waals surface area contributed by atoms with Gasteiger partial charge >= 0.3 is 0 Å². The van der Waals surface area contributed by atoms with Crippen molar-refractivity contribution in [2.24, 2.45) is 0 Å². The van der Waals surface area contributed by atoms with E-state index >= 15 is 0 Å². The lowest BCUT2D eigenvalue weighted by Crippen LogP contribution is -2.46. The summed E-state index contributed by atoms with van der Waals surface area (Å²) in [6.45, 7) is 3.97. The van der Waals surface area contributed by atoms with Crippen LogP contribution >= 0.6 is 0 Å². The largest absolute Gasteiger partial charge is 0.493 e. The Morgan fingerprint density at radius 1 is 0.949 bits per heavy atom. The minimum Gasteiger partial charge on any atom is -0.493 e. The molecule has 1 aliphatic heterocycles. The highest BCUT2D eigenvalue weighted by molar-refractivity contribution is 7.89. The van der Waals surface area contributed by atoms with E-state index in [1.807, 2.05) is 26.0 Å². The minimum atomic E-state index is -4.27. The molecule has 1 unspecified atom stereocenters. The van der Waals surface area contributed by atoms with Crippen molar-refractivity contribution >= 4 is 27.5 Å². The van der Waals surface area contributed by atoms with Gasteiger partial charge in [0.25, 0.3) is 5.91 Å². The monoisotopic (exact) mass is 554 g/mol. The number of imide groups is 1. The van der Waals surface area contributed by atoms with E-state index in [9.17, 15) is 22.4 Å². The number of sulfonamides is 1. The smallest absolute Gasteiger partial charge is 0.252 e. The molecule has 3 aromatic carbocycles. The van der Waals surface area contributed by atoms with Crippen molar-refractivity contribution in [2.75, 3.05) is 25.7 Å². The molecule has 0 bridgehead atoms. The second kappa shape index (κ2) is 11.5. The number of carbonyl (C=O) groups is 2. The summed E-state index contributed by atoms with van der Waals surface area (Å²) in [5.74, 6) is -0.444. The van der Waals surface area contributed by atoms with Gasteiger partial charge < -0.3 is 9.47 Å². The third kappa shape index (κ3) is 5.81. The Morgan fingerprint density at radius 3 is 2.18 bits per heavy atom. The summed E-state index contributed by atoms with van der Waals surface area (Å²) in [6.07, 6.45) is -0.0844. The molecule has 8 nitrogen and oxygen atoms in total. The standard InChI is InChI=1S/C29H31FN2O6S/c1-19(2)21-6-10-23(11-7-21)32-28(33)18-25(29(32)34)31(39(35,36)24-12-8-22(30)9-13-24)16-15-20-5-14-26(37-3)27(17-20)38-4/h5-14,17,19,25H,15-16,18H2,1-4H3. The molecule has 0 saturated carbocycles. The zero-order valence-electron chi connectivity index (χ0n) is 22.3. The third-order valence-electron chi connectivity index (χ3n) is 6.78. The number of hydrogen-bond acceptors (Lipinski definition) is 6. The number of halogens is 1. The molecular weight excluding hydrogens is 523 g/mol. The number of hydrogen-bond donors (Lipinski definition) is 0. The lowest BCUT2D eigenvalue weighted by atomic mass is 10.0. The molecule has 0 N–H and O–H groups in total. The summed E-state index contributed by atoms with van der Waals surface area (Å²) in [5, 5.41) is 0. The topological polar surface area (TPSA) is 93.2 Å². The van der Waals surface area contributed by atoms with E-state index in [-0.39, 0.29) is 30.2 Å². The highest BCUT2D eigenvalue weighted by Gasteiger charge is 2.46. The van der Waals surface area contributed by atoms with E-state index in [4.69, 9.17) is 9.47 Å². The summed E-state index contributed by atoms with van der Waals surface area (Å²) >= 11 is 0. The van der Waals surface area contributed by atoms with Crippen molar-refractivity contribution in [1.82, 2.24) is 4.31 Å². The highest BCUT2D eigenvalue weighted by Crippen LogP contribution is 2.32. The summed E-state index contributed by atoms with van der Waals surface area (Å²) in [4.78, 5) is 27.5. The van der Waals surface area contributed by atoms with Crippen LogP contribution in [0.25, 0.3) is 0 Å². The first-order chi connectivity index (χ1) is 18.6. The number of methoxy groups -OCH3 is 2. The molecule has 1 atom stereocenters. The fourth-order valence-corrected chi connectivity index (χ4v) is 6.16. The van der Waals surface area contributed by atoms with Gasteiger partial charge in [-0.3, -0.25) is 9.59 Å². The zero-order valence-corrected chi connectivity index (χ0v) is 23.1. The van der Waals surface area contributed by atoms with Crippen molar-refractivity contribution in [3.63, 3.8) is 0 Å². The van der Waals surface area contributed by atoms with E-state index in [2.05, 4.69) is 0 Å². The Morgan fingerprint density at radius 2 is 1.59 bits per heavy atom. The van der Waals surface area contributed by atoms with Gasteiger partial charge in [-0.15, -0.1) is 0 Å². The van der Waals surface area contributed by atoms with Gasteiger partial charge in [0.2, 0.25) is 15.9 Å². The van der Waals surface area contributed by atoms with Gasteiger partial charge in [-0.25, -0.2) is 17.7 Å². The van der Waals surface area contributed by atoms with Gasteiger partial charge in [0.1, 0.15) is 11.9 Å². The summed E-state index contributed by atoms with van der Waals surface area (Å²) < 4.78 is 52.8. The molecule has 2 amide bonds. The summed E-state index contributed by atoms with van der Waals surface area (Å²) in [5.41, 5.74) is 2.17. The lowest BCUT2D eigenvalue weighted by Gasteiger charge is -2.27. The Balaban J connectivity index is 1.68. The zero-order chi connectivity index (χ0) is 28.3. The molecule has 0 aliphatic carbocycles. The van der Waals surface area contributed by atoms with Gasteiger partial charge in [-0.1, -0.05) is 32.0 Å².